The molecule has 0 aliphatic heterocycles. The molecule has 0 aliphatic rings. The van der Waals surface area contributed by atoms with Crippen LogP contribution in [0.25, 0.3) is 11.6 Å². The second kappa shape index (κ2) is 9.89. The summed E-state index contributed by atoms with van der Waals surface area (Å²) in [5.41, 5.74) is -1.98. The molecule has 0 saturated heterocycles. The molecule has 0 unspecified atom stereocenters. The largest absolute Gasteiger partial charge is 0.435 e. The lowest BCUT2D eigenvalue weighted by Crippen LogP contribution is -2.16. The molecule has 39 heavy (non-hydrogen) atoms. The average molecular weight is 584 g/mol. The highest BCUT2D eigenvalue weighted by atomic mass is 35.5. The second-order valence-electron chi connectivity index (χ2n) is 7.90. The summed E-state index contributed by atoms with van der Waals surface area (Å²) >= 11 is 13.0. The smallest absolute Gasteiger partial charge is 0.276 e. The van der Waals surface area contributed by atoms with Crippen LogP contribution in [0.4, 0.5) is 43.7 Å². The number of aromatic nitrogens is 6. The molecule has 0 amide bonds. The minimum atomic E-state index is -4.65. The van der Waals surface area contributed by atoms with Crippen molar-refractivity contribution >= 4 is 40.5 Å². The van der Waals surface area contributed by atoms with E-state index in [9.17, 15) is 26.3 Å². The first-order valence-electron chi connectivity index (χ1n) is 10.9. The Hall–Kier alpha value is -4.10. The maximum absolute atomic E-state index is 13.1. The highest BCUT2D eigenvalue weighted by molar-refractivity contribution is 6.39. The van der Waals surface area contributed by atoms with Gasteiger partial charge in [0.25, 0.3) is 0 Å². The number of rotatable bonds is 5. The maximum atomic E-state index is 13.1. The van der Waals surface area contributed by atoms with Crippen molar-refractivity contribution in [3.05, 3.63) is 101 Å². The maximum Gasteiger partial charge on any atom is 0.435 e. The van der Waals surface area contributed by atoms with Crippen molar-refractivity contribution in [3.63, 3.8) is 0 Å². The summed E-state index contributed by atoms with van der Waals surface area (Å²) in [5, 5.41) is 7.46. The quantitative estimate of drug-likeness (QED) is 0.199. The van der Waals surface area contributed by atoms with E-state index in [0.29, 0.717) is 0 Å². The van der Waals surface area contributed by atoms with Gasteiger partial charge in [0.15, 0.2) is 23.0 Å². The van der Waals surface area contributed by atoms with Crippen LogP contribution in [-0.2, 0) is 12.4 Å². The molecule has 200 valence electrons. The number of halogens is 8. The van der Waals surface area contributed by atoms with Crippen LogP contribution in [0.2, 0.25) is 10.0 Å². The molecule has 0 saturated carbocycles. The Morgan fingerprint density at radius 3 is 1.38 bits per heavy atom. The Bertz CT molecular complexity index is 1530. The number of nitrogens with zero attached hydrogens (tertiary/aromatic N) is 7. The molecule has 0 radical (unpaired) electrons. The van der Waals surface area contributed by atoms with Crippen molar-refractivity contribution in [2.24, 2.45) is 0 Å². The summed E-state index contributed by atoms with van der Waals surface area (Å²) in [4.78, 5) is 10.3. The van der Waals surface area contributed by atoms with Gasteiger partial charge in [-0.25, -0.2) is 19.3 Å². The van der Waals surface area contributed by atoms with Gasteiger partial charge in [-0.2, -0.15) is 36.5 Å². The third-order valence-corrected chi connectivity index (χ3v) is 5.90. The van der Waals surface area contributed by atoms with Gasteiger partial charge in [0.2, 0.25) is 0 Å². The van der Waals surface area contributed by atoms with Gasteiger partial charge in [0.05, 0.1) is 15.7 Å². The molecule has 0 bridgehead atoms. The number of para-hydroxylation sites is 1. The van der Waals surface area contributed by atoms with Crippen LogP contribution in [0.5, 0.6) is 0 Å². The summed E-state index contributed by atoms with van der Waals surface area (Å²) in [5.74, 6) is 0.337. The van der Waals surface area contributed by atoms with Crippen LogP contribution in [-0.4, -0.2) is 29.5 Å². The number of alkyl halides is 6. The number of benzene rings is 1. The van der Waals surface area contributed by atoms with E-state index in [4.69, 9.17) is 23.2 Å². The molecule has 5 rings (SSSR count). The minimum Gasteiger partial charge on any atom is -0.276 e. The van der Waals surface area contributed by atoms with Crippen molar-refractivity contribution in [1.29, 1.82) is 0 Å². The highest BCUT2D eigenvalue weighted by Gasteiger charge is 2.34. The fraction of sp³-hybridized carbons (Fsp3) is 0.0833. The van der Waals surface area contributed by atoms with E-state index in [0.717, 1.165) is 33.9 Å². The van der Waals surface area contributed by atoms with E-state index in [1.54, 1.807) is 18.2 Å². The standard InChI is InChI=1S/C24H13Cl2F6N7/c25-14-4-1-5-15(26)22(14)39(20-8-2-6-18(33-20)37-12-10-16(35-37)23(27,28)29)21-9-3-7-19(34-21)38-13-11-17(36-38)24(30,31)32/h1-13H. The first-order chi connectivity index (χ1) is 18.4. The molecule has 0 aliphatic carbocycles. The van der Waals surface area contributed by atoms with Crippen LogP contribution in [0.1, 0.15) is 11.4 Å². The van der Waals surface area contributed by atoms with Crippen LogP contribution in [0, 0.1) is 0 Å². The molecule has 7 nitrogen and oxygen atoms in total. The first-order valence-corrected chi connectivity index (χ1v) is 11.6. The van der Waals surface area contributed by atoms with Gasteiger partial charge in [0, 0.05) is 12.4 Å². The predicted molar refractivity (Wildman–Crippen MR) is 131 cm³/mol. The summed E-state index contributed by atoms with van der Waals surface area (Å²) in [6, 6.07) is 15.3. The Balaban J connectivity index is 1.64. The van der Waals surface area contributed by atoms with Crippen LogP contribution >= 0.6 is 23.2 Å². The molecule has 5 aromatic rings. The second-order valence-corrected chi connectivity index (χ2v) is 8.71. The van der Waals surface area contributed by atoms with E-state index in [-0.39, 0.29) is 39.0 Å². The predicted octanol–water partition coefficient (Wildman–Crippen LogP) is 7.66. The molecular weight excluding hydrogens is 571 g/mol. The third kappa shape index (κ3) is 5.40. The topological polar surface area (TPSA) is 64.7 Å². The van der Waals surface area contributed by atoms with Gasteiger partial charge < -0.3 is 0 Å². The summed E-state index contributed by atoms with van der Waals surface area (Å²) in [6.45, 7) is 0. The van der Waals surface area contributed by atoms with Crippen LogP contribution in [0.3, 0.4) is 0 Å². The molecule has 4 aromatic heterocycles. The van der Waals surface area contributed by atoms with Crippen LogP contribution in [0.15, 0.2) is 79.1 Å². The zero-order valence-electron chi connectivity index (χ0n) is 19.2. The lowest BCUT2D eigenvalue weighted by molar-refractivity contribution is -0.142. The molecule has 0 atom stereocenters. The van der Waals surface area contributed by atoms with Crippen molar-refractivity contribution in [3.8, 4) is 11.6 Å². The molecule has 4 heterocycles. The van der Waals surface area contributed by atoms with E-state index < -0.39 is 23.7 Å². The Kier molecular flexibility index (Phi) is 6.72. The number of hydrogen-bond donors (Lipinski definition) is 0. The van der Waals surface area contributed by atoms with Gasteiger partial charge in [-0.15, -0.1) is 0 Å². The van der Waals surface area contributed by atoms with E-state index in [1.807, 2.05) is 0 Å². The lowest BCUT2D eigenvalue weighted by atomic mass is 10.2. The normalized spacial score (nSPS) is 12.1. The van der Waals surface area contributed by atoms with E-state index in [1.165, 1.54) is 41.3 Å². The molecule has 15 heteroatoms. The lowest BCUT2D eigenvalue weighted by Gasteiger charge is -2.25. The van der Waals surface area contributed by atoms with Crippen molar-refractivity contribution in [2.45, 2.75) is 12.4 Å². The van der Waals surface area contributed by atoms with Gasteiger partial charge >= 0.3 is 12.4 Å². The molecule has 0 spiro atoms. The summed E-state index contributed by atoms with van der Waals surface area (Å²) in [7, 11) is 0. The zero-order chi connectivity index (χ0) is 27.9. The Morgan fingerprint density at radius 2 is 1.00 bits per heavy atom. The SMILES string of the molecule is FC(F)(F)c1ccn(-c2cccc(N(c3cccc(-n4ccc(C(F)(F)F)n4)n3)c3c(Cl)cccc3Cl)n2)n1. The molecule has 1 aromatic carbocycles. The van der Waals surface area contributed by atoms with Crippen molar-refractivity contribution < 1.29 is 26.3 Å². The fourth-order valence-electron chi connectivity index (χ4n) is 3.58. The van der Waals surface area contributed by atoms with Gasteiger partial charge in [-0.3, -0.25) is 4.90 Å². The number of hydrogen-bond acceptors (Lipinski definition) is 5. The van der Waals surface area contributed by atoms with E-state index >= 15 is 0 Å². The summed E-state index contributed by atoms with van der Waals surface area (Å²) < 4.78 is 80.4. The average Bonchev–Trinajstić information content (AvgIpc) is 3.57. The van der Waals surface area contributed by atoms with Crippen molar-refractivity contribution in [1.82, 2.24) is 29.5 Å². The molecular formula is C24H13Cl2F6N7. The van der Waals surface area contributed by atoms with Gasteiger partial charge in [0.1, 0.15) is 11.6 Å². The first kappa shape index (κ1) is 26.5. The van der Waals surface area contributed by atoms with Gasteiger partial charge in [-0.05, 0) is 48.5 Å². The van der Waals surface area contributed by atoms with E-state index in [2.05, 4.69) is 20.2 Å². The fourth-order valence-corrected chi connectivity index (χ4v) is 4.15. The summed E-state index contributed by atoms with van der Waals surface area (Å²) in [6.07, 6.45) is -7.08. The number of anilines is 3. The number of pyridine rings is 2. The van der Waals surface area contributed by atoms with Gasteiger partial charge in [-0.1, -0.05) is 41.4 Å². The molecule has 0 N–H and O–H groups in total. The third-order valence-electron chi connectivity index (χ3n) is 5.29. The Labute approximate surface area is 225 Å². The van der Waals surface area contributed by atoms with Crippen molar-refractivity contribution in [2.75, 3.05) is 4.90 Å². The zero-order valence-corrected chi connectivity index (χ0v) is 20.7. The Morgan fingerprint density at radius 1 is 0.590 bits per heavy atom. The molecule has 0 fully saturated rings. The van der Waals surface area contributed by atoms with Crippen LogP contribution < -0.4 is 4.90 Å². The minimum absolute atomic E-state index is 0.0363. The monoisotopic (exact) mass is 583 g/mol. The highest BCUT2D eigenvalue weighted by Crippen LogP contribution is 2.42.